The Bertz CT molecular complexity index is 1290. The van der Waals surface area contributed by atoms with Gasteiger partial charge in [0.05, 0.1) is 18.8 Å². The highest BCUT2D eigenvalue weighted by atomic mass is 79.9. The zero-order valence-corrected chi connectivity index (χ0v) is 21.8. The fourth-order valence-corrected chi connectivity index (χ4v) is 6.85. The van der Waals surface area contributed by atoms with Crippen molar-refractivity contribution in [3.63, 3.8) is 0 Å². The smallest absolute Gasteiger partial charge is 0.224 e. The van der Waals surface area contributed by atoms with Crippen LogP contribution in [0.2, 0.25) is 5.15 Å². The van der Waals surface area contributed by atoms with Gasteiger partial charge in [-0.3, -0.25) is 4.90 Å². The molecule has 2 aliphatic heterocycles. The van der Waals surface area contributed by atoms with Crippen molar-refractivity contribution in [2.45, 2.75) is 29.4 Å². The van der Waals surface area contributed by atoms with Gasteiger partial charge in [0.2, 0.25) is 5.88 Å². The molecule has 3 aromatic rings. The number of nitrogens with zero attached hydrogens (tertiary/aromatic N) is 2. The number of hydrogen-bond donors (Lipinski definition) is 2. The number of aromatic nitrogens is 1. The molecule has 3 aliphatic rings. The summed E-state index contributed by atoms with van der Waals surface area (Å²) in [6, 6.07) is 18.8. The molecule has 1 saturated heterocycles. The second-order valence-corrected chi connectivity index (χ2v) is 11.1. The van der Waals surface area contributed by atoms with Gasteiger partial charge in [-0.1, -0.05) is 70.0 Å². The first kappa shape index (κ1) is 24.1. The monoisotopic (exact) mass is 574 g/mol. The van der Waals surface area contributed by atoms with E-state index in [4.69, 9.17) is 21.1 Å². The van der Waals surface area contributed by atoms with E-state index >= 15 is 0 Å². The summed E-state index contributed by atoms with van der Waals surface area (Å²) in [4.78, 5) is 6.25. The van der Waals surface area contributed by atoms with Gasteiger partial charge in [0.1, 0.15) is 17.1 Å². The van der Waals surface area contributed by atoms with Crippen LogP contribution >= 0.6 is 27.5 Å². The van der Waals surface area contributed by atoms with Gasteiger partial charge in [0.25, 0.3) is 0 Å². The van der Waals surface area contributed by atoms with Crippen LogP contribution in [0.15, 0.2) is 65.1 Å². The number of rotatable bonds is 5. The van der Waals surface area contributed by atoms with E-state index < -0.39 is 35.3 Å². The molecule has 1 aromatic heterocycles. The van der Waals surface area contributed by atoms with Gasteiger partial charge in [0, 0.05) is 42.0 Å². The first-order chi connectivity index (χ1) is 17.3. The number of fused-ring (bicyclic) bond motifs is 3. The van der Waals surface area contributed by atoms with Crippen molar-refractivity contribution in [2.75, 3.05) is 26.7 Å². The topological polar surface area (TPSA) is 75.0 Å². The molecule has 6 rings (SSSR count). The summed E-state index contributed by atoms with van der Waals surface area (Å²) in [6.45, 7) is 0.989. The van der Waals surface area contributed by atoms with Crippen LogP contribution in [0.4, 0.5) is 4.39 Å². The van der Waals surface area contributed by atoms with Crippen LogP contribution in [0.25, 0.3) is 0 Å². The lowest BCUT2D eigenvalue weighted by Crippen LogP contribution is -2.52. The number of alkyl halides is 1. The summed E-state index contributed by atoms with van der Waals surface area (Å²) in [5.41, 5.74) is -1.51. The Hall–Kier alpha value is -2.23. The van der Waals surface area contributed by atoms with E-state index in [2.05, 4.69) is 20.9 Å². The number of aliphatic hydroxyl groups is 2. The van der Waals surface area contributed by atoms with Crippen molar-refractivity contribution in [1.82, 2.24) is 9.88 Å². The average molecular weight is 576 g/mol. The fraction of sp³-hybridized carbons (Fsp3) is 0.370. The minimum absolute atomic E-state index is 0.0956. The Balaban J connectivity index is 1.63. The predicted molar refractivity (Wildman–Crippen MR) is 136 cm³/mol. The molecule has 9 heteroatoms. The maximum atomic E-state index is 13.8. The summed E-state index contributed by atoms with van der Waals surface area (Å²) < 4.78 is 26.9. The molecule has 6 nitrogen and oxygen atoms in total. The summed E-state index contributed by atoms with van der Waals surface area (Å²) in [5.74, 6) is -0.571. The Morgan fingerprint density at radius 2 is 1.89 bits per heavy atom. The highest BCUT2D eigenvalue weighted by molar-refractivity contribution is 9.10. The Kier molecular flexibility index (Phi) is 5.81. The van der Waals surface area contributed by atoms with E-state index in [1.807, 2.05) is 59.5 Å². The van der Waals surface area contributed by atoms with Crippen LogP contribution in [-0.4, -0.2) is 59.1 Å². The molecule has 188 valence electrons. The van der Waals surface area contributed by atoms with Gasteiger partial charge in [-0.15, -0.1) is 0 Å². The molecule has 2 aromatic carbocycles. The summed E-state index contributed by atoms with van der Waals surface area (Å²) in [5, 5.41) is 24.9. The second-order valence-electron chi connectivity index (χ2n) is 9.75. The SMILES string of the molecule is COc1nc(Cl)cc2c1C1(O)C(O)C(CN3CC(F)C3)C(c3ccccc3)C1(c1ccc(Br)cc1)O2. The zero-order chi connectivity index (χ0) is 25.2. The lowest BCUT2D eigenvalue weighted by Gasteiger charge is -2.41. The molecule has 0 amide bonds. The summed E-state index contributed by atoms with van der Waals surface area (Å²) >= 11 is 9.78. The van der Waals surface area contributed by atoms with E-state index in [0.29, 0.717) is 30.9 Å². The highest BCUT2D eigenvalue weighted by Crippen LogP contribution is 2.69. The van der Waals surface area contributed by atoms with E-state index in [1.54, 1.807) is 6.07 Å². The normalized spacial score (nSPS) is 31.4. The largest absolute Gasteiger partial charge is 0.481 e. The van der Waals surface area contributed by atoms with Gasteiger partial charge < -0.3 is 19.7 Å². The molecule has 2 fully saturated rings. The first-order valence-corrected chi connectivity index (χ1v) is 13.0. The third kappa shape index (κ3) is 3.28. The van der Waals surface area contributed by atoms with Crippen molar-refractivity contribution in [1.29, 1.82) is 0 Å². The lowest BCUT2D eigenvalue weighted by atomic mass is 9.71. The fourth-order valence-electron chi connectivity index (χ4n) is 6.41. The lowest BCUT2D eigenvalue weighted by molar-refractivity contribution is -0.153. The van der Waals surface area contributed by atoms with Crippen LogP contribution in [0.1, 0.15) is 22.6 Å². The molecule has 1 saturated carbocycles. The van der Waals surface area contributed by atoms with Gasteiger partial charge >= 0.3 is 0 Å². The summed E-state index contributed by atoms with van der Waals surface area (Å²) in [7, 11) is 1.44. The number of methoxy groups -OCH3 is 1. The highest BCUT2D eigenvalue weighted by Gasteiger charge is 2.77. The zero-order valence-electron chi connectivity index (χ0n) is 19.4. The van der Waals surface area contributed by atoms with Crippen molar-refractivity contribution in [3.8, 4) is 11.6 Å². The first-order valence-electron chi connectivity index (χ1n) is 11.8. The van der Waals surface area contributed by atoms with Crippen molar-refractivity contribution in [2.24, 2.45) is 5.92 Å². The van der Waals surface area contributed by atoms with Crippen molar-refractivity contribution in [3.05, 3.63) is 87.0 Å². The minimum atomic E-state index is -1.93. The molecular weight excluding hydrogens is 551 g/mol. The Labute approximate surface area is 221 Å². The van der Waals surface area contributed by atoms with Crippen molar-refractivity contribution >= 4 is 27.5 Å². The molecule has 36 heavy (non-hydrogen) atoms. The number of hydrogen-bond acceptors (Lipinski definition) is 6. The molecule has 1 aliphatic carbocycles. The number of likely N-dealkylation sites (tertiary alicyclic amines) is 1. The van der Waals surface area contributed by atoms with E-state index in [1.165, 1.54) is 7.11 Å². The number of benzene rings is 2. The predicted octanol–water partition coefficient (Wildman–Crippen LogP) is 4.41. The third-order valence-corrected chi connectivity index (χ3v) is 8.57. The molecule has 2 N–H and O–H groups in total. The van der Waals surface area contributed by atoms with Gasteiger partial charge in [-0.2, -0.15) is 0 Å². The average Bonchev–Trinajstić information content (AvgIpc) is 3.21. The van der Waals surface area contributed by atoms with E-state index in [-0.39, 0.29) is 16.6 Å². The molecule has 0 spiro atoms. The number of pyridine rings is 1. The van der Waals surface area contributed by atoms with Crippen LogP contribution in [0.5, 0.6) is 11.6 Å². The van der Waals surface area contributed by atoms with Crippen LogP contribution in [0.3, 0.4) is 0 Å². The standard InChI is InChI=1S/C27H25BrClFN2O4/c1-35-25-23-20(11-21(29)31-25)36-27(16-7-9-17(28)10-8-16)22(15-5-3-2-4-6-15)19(24(33)26(23,27)34)14-32-12-18(30)13-32/h2-11,18-19,22,24,33-34H,12-14H2,1H3. The van der Waals surface area contributed by atoms with Gasteiger partial charge in [-0.05, 0) is 23.3 Å². The maximum Gasteiger partial charge on any atom is 0.224 e. The molecule has 5 unspecified atom stereocenters. The van der Waals surface area contributed by atoms with E-state index in [9.17, 15) is 14.6 Å². The molecule has 5 atom stereocenters. The quantitative estimate of drug-likeness (QED) is 0.439. The minimum Gasteiger partial charge on any atom is -0.481 e. The molecule has 0 radical (unpaired) electrons. The Morgan fingerprint density at radius 1 is 1.19 bits per heavy atom. The second kappa shape index (κ2) is 8.67. The van der Waals surface area contributed by atoms with E-state index in [0.717, 1.165) is 10.0 Å². The third-order valence-electron chi connectivity index (χ3n) is 7.84. The van der Waals surface area contributed by atoms with Crippen LogP contribution in [-0.2, 0) is 11.2 Å². The number of aliphatic hydroxyl groups excluding tert-OH is 1. The number of halogens is 3. The molecule has 0 bridgehead atoms. The van der Waals surface area contributed by atoms with Crippen molar-refractivity contribution < 1.29 is 24.1 Å². The maximum absolute atomic E-state index is 13.8. The summed E-state index contributed by atoms with van der Waals surface area (Å²) in [6.07, 6.45) is -2.16. The van der Waals surface area contributed by atoms with Gasteiger partial charge in [0.15, 0.2) is 11.2 Å². The number of ether oxygens (including phenoxy) is 2. The van der Waals surface area contributed by atoms with Crippen LogP contribution < -0.4 is 9.47 Å². The van der Waals surface area contributed by atoms with Crippen LogP contribution in [0, 0.1) is 5.92 Å². The Morgan fingerprint density at radius 3 is 2.53 bits per heavy atom. The molecular formula is C27H25BrClFN2O4. The van der Waals surface area contributed by atoms with Gasteiger partial charge in [-0.25, -0.2) is 9.37 Å². The molecule has 3 heterocycles.